The topological polar surface area (TPSA) is 76.4 Å². The maximum atomic E-state index is 12.6. The second-order valence-corrected chi connectivity index (χ2v) is 5.72. The molecule has 130 valence electrons. The molecule has 2 atom stereocenters. The van der Waals surface area contributed by atoms with Crippen LogP contribution < -0.4 is 5.32 Å². The zero-order valence-electron chi connectivity index (χ0n) is 12.9. The van der Waals surface area contributed by atoms with E-state index in [1.165, 1.54) is 4.90 Å². The van der Waals surface area contributed by atoms with Crippen LogP contribution in [0.25, 0.3) is 0 Å². The molecule has 1 amide bonds. The highest BCUT2D eigenvalue weighted by atomic mass is 19.4. The van der Waals surface area contributed by atoms with Gasteiger partial charge in [-0.25, -0.2) is 0 Å². The van der Waals surface area contributed by atoms with Crippen molar-refractivity contribution in [3.8, 4) is 6.07 Å². The summed E-state index contributed by atoms with van der Waals surface area (Å²) in [4.78, 5) is 13.4. The zero-order chi connectivity index (χ0) is 17.7. The van der Waals surface area contributed by atoms with E-state index in [9.17, 15) is 23.1 Å². The first-order valence-electron chi connectivity index (χ1n) is 7.60. The molecule has 1 saturated heterocycles. The summed E-state index contributed by atoms with van der Waals surface area (Å²) in [5.41, 5.74) is 0.987. The van der Waals surface area contributed by atoms with E-state index in [-0.39, 0.29) is 25.3 Å². The number of nitriles is 1. The molecular formula is C16H18F3N3O2. The van der Waals surface area contributed by atoms with Crippen molar-refractivity contribution in [3.05, 3.63) is 29.8 Å². The summed E-state index contributed by atoms with van der Waals surface area (Å²) < 4.78 is 37.9. The molecule has 1 fully saturated rings. The molecule has 0 aliphatic carbocycles. The molecule has 24 heavy (non-hydrogen) atoms. The van der Waals surface area contributed by atoms with E-state index in [0.29, 0.717) is 24.2 Å². The molecule has 8 heteroatoms. The number of likely N-dealkylation sites (tertiary alicyclic amines) is 1. The molecule has 1 aromatic carbocycles. The van der Waals surface area contributed by atoms with E-state index >= 15 is 0 Å². The number of alkyl halides is 3. The largest absolute Gasteiger partial charge is 0.415 e. The Kier molecular flexibility index (Phi) is 5.80. The van der Waals surface area contributed by atoms with Gasteiger partial charge in [0.25, 0.3) is 0 Å². The van der Waals surface area contributed by atoms with Gasteiger partial charge >= 0.3 is 6.18 Å². The minimum absolute atomic E-state index is 0.0288. The average Bonchev–Trinajstić information content (AvgIpc) is 3.00. The molecule has 0 radical (unpaired) electrons. The number of anilines is 1. The molecule has 0 bridgehead atoms. The number of hydrogen-bond acceptors (Lipinski definition) is 4. The van der Waals surface area contributed by atoms with E-state index in [0.717, 1.165) is 0 Å². The van der Waals surface area contributed by atoms with Crippen LogP contribution in [0.15, 0.2) is 24.3 Å². The molecule has 1 heterocycles. The van der Waals surface area contributed by atoms with E-state index in [4.69, 9.17) is 5.26 Å². The Hall–Kier alpha value is -2.11. The van der Waals surface area contributed by atoms with Crippen molar-refractivity contribution in [2.45, 2.75) is 37.6 Å². The maximum Gasteiger partial charge on any atom is 0.415 e. The van der Waals surface area contributed by atoms with Crippen molar-refractivity contribution in [1.29, 1.82) is 5.26 Å². The van der Waals surface area contributed by atoms with Gasteiger partial charge in [0.2, 0.25) is 5.91 Å². The Balaban J connectivity index is 1.85. The van der Waals surface area contributed by atoms with Crippen molar-refractivity contribution >= 4 is 11.6 Å². The molecule has 1 aromatic rings. The van der Waals surface area contributed by atoms with Gasteiger partial charge in [-0.2, -0.15) is 18.4 Å². The van der Waals surface area contributed by atoms with E-state index in [2.05, 4.69) is 5.32 Å². The fourth-order valence-electron chi connectivity index (χ4n) is 2.80. The Labute approximate surface area is 137 Å². The van der Waals surface area contributed by atoms with Crippen molar-refractivity contribution < 1.29 is 23.1 Å². The summed E-state index contributed by atoms with van der Waals surface area (Å²) in [6.07, 6.45) is -6.19. The van der Waals surface area contributed by atoms with E-state index < -0.39 is 18.3 Å². The molecule has 0 saturated carbocycles. The van der Waals surface area contributed by atoms with Crippen LogP contribution in [0.4, 0.5) is 18.9 Å². The third-order valence-corrected chi connectivity index (χ3v) is 4.04. The van der Waals surface area contributed by atoms with Gasteiger partial charge < -0.3 is 10.4 Å². The second kappa shape index (κ2) is 7.64. The summed E-state index contributed by atoms with van der Waals surface area (Å²) in [5, 5.41) is 20.7. The number of aliphatic hydroxyl groups excluding tert-OH is 1. The Morgan fingerprint density at radius 2 is 2.08 bits per heavy atom. The minimum Gasteiger partial charge on any atom is -0.382 e. The van der Waals surface area contributed by atoms with Gasteiger partial charge in [-0.3, -0.25) is 9.69 Å². The SMILES string of the molecule is N#Cc1ccc(NC(=O)CCN2CCC[C@H]2[C@@H](O)C(F)(F)F)cc1. The van der Waals surface area contributed by atoms with Gasteiger partial charge in [-0.1, -0.05) is 0 Å². The number of nitrogens with one attached hydrogen (secondary N) is 1. The predicted octanol–water partition coefficient (Wildman–Crippen LogP) is 2.27. The lowest BCUT2D eigenvalue weighted by atomic mass is 10.1. The van der Waals surface area contributed by atoms with Crippen molar-refractivity contribution in [2.24, 2.45) is 0 Å². The Bertz CT molecular complexity index is 610. The van der Waals surface area contributed by atoms with Crippen LogP contribution in [0, 0.1) is 11.3 Å². The second-order valence-electron chi connectivity index (χ2n) is 5.72. The third kappa shape index (κ3) is 4.69. The fourth-order valence-corrected chi connectivity index (χ4v) is 2.80. The Morgan fingerprint density at radius 1 is 1.42 bits per heavy atom. The molecule has 1 aliphatic rings. The highest BCUT2D eigenvalue weighted by Crippen LogP contribution is 2.30. The van der Waals surface area contributed by atoms with Crippen LogP contribution in [0.1, 0.15) is 24.8 Å². The van der Waals surface area contributed by atoms with Gasteiger partial charge in [0.1, 0.15) is 0 Å². The van der Waals surface area contributed by atoms with Crippen molar-refractivity contribution in [1.82, 2.24) is 4.90 Å². The number of carbonyl (C=O) groups excluding carboxylic acids is 1. The number of halogens is 3. The summed E-state index contributed by atoms with van der Waals surface area (Å²) in [7, 11) is 0. The maximum absolute atomic E-state index is 12.6. The zero-order valence-corrected chi connectivity index (χ0v) is 12.9. The molecule has 0 aromatic heterocycles. The number of hydrogen-bond donors (Lipinski definition) is 2. The lowest BCUT2D eigenvalue weighted by Crippen LogP contribution is -2.47. The Morgan fingerprint density at radius 3 is 2.67 bits per heavy atom. The lowest BCUT2D eigenvalue weighted by molar-refractivity contribution is -0.219. The van der Waals surface area contributed by atoms with Crippen LogP contribution in [0.3, 0.4) is 0 Å². The van der Waals surface area contributed by atoms with E-state index in [1.54, 1.807) is 24.3 Å². The monoisotopic (exact) mass is 341 g/mol. The molecule has 2 N–H and O–H groups in total. The number of aliphatic hydroxyl groups is 1. The summed E-state index contributed by atoms with van der Waals surface area (Å²) in [5.74, 6) is -0.327. The minimum atomic E-state index is -4.65. The highest BCUT2D eigenvalue weighted by Gasteiger charge is 2.46. The standard InChI is InChI=1S/C16H18F3N3O2/c17-16(18,19)15(24)13-2-1-8-22(13)9-7-14(23)21-12-5-3-11(10-20)4-6-12/h3-6,13,15,24H,1-2,7-9H2,(H,21,23)/t13-,15+/m0/s1. The van der Waals surface area contributed by atoms with Gasteiger partial charge in [-0.05, 0) is 43.7 Å². The first kappa shape index (κ1) is 18.2. The first-order chi connectivity index (χ1) is 11.3. The van der Waals surface area contributed by atoms with Gasteiger partial charge in [0, 0.05) is 24.7 Å². The van der Waals surface area contributed by atoms with Crippen LogP contribution in [-0.2, 0) is 4.79 Å². The van der Waals surface area contributed by atoms with Gasteiger partial charge in [-0.15, -0.1) is 0 Å². The van der Waals surface area contributed by atoms with E-state index in [1.807, 2.05) is 6.07 Å². The average molecular weight is 341 g/mol. The van der Waals surface area contributed by atoms with Crippen LogP contribution >= 0.6 is 0 Å². The van der Waals surface area contributed by atoms with Crippen LogP contribution in [0.5, 0.6) is 0 Å². The first-order valence-corrected chi connectivity index (χ1v) is 7.60. The third-order valence-electron chi connectivity index (χ3n) is 4.04. The smallest absolute Gasteiger partial charge is 0.382 e. The molecule has 0 spiro atoms. The van der Waals surface area contributed by atoms with Gasteiger partial charge in [0.15, 0.2) is 6.10 Å². The van der Waals surface area contributed by atoms with Crippen molar-refractivity contribution in [2.75, 3.05) is 18.4 Å². The molecule has 5 nitrogen and oxygen atoms in total. The number of carbonyl (C=O) groups is 1. The number of amides is 1. The van der Waals surface area contributed by atoms with Gasteiger partial charge in [0.05, 0.1) is 11.6 Å². The number of nitrogens with zero attached hydrogens (tertiary/aromatic N) is 2. The molecule has 1 aliphatic heterocycles. The van der Waals surface area contributed by atoms with Crippen molar-refractivity contribution in [3.63, 3.8) is 0 Å². The summed E-state index contributed by atoms with van der Waals surface area (Å²) in [6, 6.07) is 7.26. The highest BCUT2D eigenvalue weighted by molar-refractivity contribution is 5.90. The summed E-state index contributed by atoms with van der Waals surface area (Å²) in [6.45, 7) is 0.585. The quantitative estimate of drug-likeness (QED) is 0.861. The summed E-state index contributed by atoms with van der Waals surface area (Å²) >= 11 is 0. The molecular weight excluding hydrogens is 323 g/mol. The van der Waals surface area contributed by atoms with Crippen LogP contribution in [0.2, 0.25) is 0 Å². The lowest BCUT2D eigenvalue weighted by Gasteiger charge is -2.29. The normalized spacial score (nSPS) is 19.7. The predicted molar refractivity (Wildman–Crippen MR) is 81.1 cm³/mol. The number of benzene rings is 1. The number of rotatable bonds is 5. The molecule has 0 unspecified atom stereocenters. The van der Waals surface area contributed by atoms with Crippen LogP contribution in [-0.4, -0.2) is 47.3 Å². The fraction of sp³-hybridized carbons (Fsp3) is 0.500. The molecule has 2 rings (SSSR count).